The summed E-state index contributed by atoms with van der Waals surface area (Å²) in [6, 6.07) is 0. The van der Waals surface area contributed by atoms with Crippen molar-refractivity contribution in [1.29, 1.82) is 0 Å². The number of ether oxygens (including phenoxy) is 1. The molecule has 0 heterocycles. The van der Waals surface area contributed by atoms with Gasteiger partial charge in [0.05, 0.1) is 6.54 Å². The normalized spacial score (nSPS) is 17.7. The summed E-state index contributed by atoms with van der Waals surface area (Å²) in [6.45, 7) is 3.90. The summed E-state index contributed by atoms with van der Waals surface area (Å²) < 4.78 is 29.8. The summed E-state index contributed by atoms with van der Waals surface area (Å²) in [6.07, 6.45) is 3.44. The van der Waals surface area contributed by atoms with Crippen LogP contribution in [-0.2, 0) is 4.74 Å². The highest BCUT2D eigenvalue weighted by Crippen LogP contribution is 2.40. The van der Waals surface area contributed by atoms with Crippen LogP contribution in [0.3, 0.4) is 0 Å². The molecule has 0 radical (unpaired) electrons. The summed E-state index contributed by atoms with van der Waals surface area (Å²) in [4.78, 5) is 3.98. The molecule has 0 aromatic rings. The number of nitrogens with zero attached hydrogens (tertiary/aromatic N) is 1. The summed E-state index contributed by atoms with van der Waals surface area (Å²) in [5, 5.41) is 5.82. The molecule has 0 bridgehead atoms. The molecule has 0 aromatic carbocycles. The van der Waals surface area contributed by atoms with Gasteiger partial charge in [0.2, 0.25) is 0 Å². The maximum absolute atomic E-state index is 12.2. The number of rotatable bonds is 8. The Labute approximate surface area is 143 Å². The Morgan fingerprint density at radius 3 is 2.48 bits per heavy atom. The van der Waals surface area contributed by atoms with Gasteiger partial charge in [0.1, 0.15) is 0 Å². The van der Waals surface area contributed by atoms with E-state index in [1.807, 2.05) is 6.92 Å². The molecule has 1 rings (SSSR count). The van der Waals surface area contributed by atoms with E-state index in [2.05, 4.69) is 15.6 Å². The van der Waals surface area contributed by atoms with Gasteiger partial charge in [-0.1, -0.05) is 12.8 Å². The zero-order valence-corrected chi connectivity index (χ0v) is 15.3. The average molecular weight is 419 g/mol. The Hall–Kier alpha value is -0.180. The molecule has 0 aromatic heterocycles. The number of nitrogens with one attached hydrogen (secondary N) is 2. The van der Waals surface area contributed by atoms with Crippen LogP contribution in [0.1, 0.15) is 39.0 Å². The lowest BCUT2D eigenvalue weighted by molar-refractivity contribution is 0.105. The molecule has 0 saturated heterocycles. The van der Waals surface area contributed by atoms with Gasteiger partial charge in [0.25, 0.3) is 6.43 Å². The van der Waals surface area contributed by atoms with E-state index in [1.54, 1.807) is 7.05 Å². The third-order valence-electron chi connectivity index (χ3n) is 3.92. The summed E-state index contributed by atoms with van der Waals surface area (Å²) in [7, 11) is 1.60. The van der Waals surface area contributed by atoms with Crippen LogP contribution in [0.4, 0.5) is 8.78 Å². The van der Waals surface area contributed by atoms with E-state index in [4.69, 9.17) is 4.74 Å². The lowest BCUT2D eigenvalue weighted by Crippen LogP contribution is -2.44. The van der Waals surface area contributed by atoms with E-state index in [9.17, 15) is 8.78 Å². The molecule has 4 nitrogen and oxygen atoms in total. The van der Waals surface area contributed by atoms with Crippen LogP contribution in [0.5, 0.6) is 0 Å². The molecule has 1 fully saturated rings. The van der Waals surface area contributed by atoms with Gasteiger partial charge in [-0.2, -0.15) is 0 Å². The maximum atomic E-state index is 12.2. The average Bonchev–Trinajstić information content (AvgIpc) is 2.88. The van der Waals surface area contributed by atoms with Crippen molar-refractivity contribution in [3.8, 4) is 0 Å². The largest absolute Gasteiger partial charge is 0.382 e. The van der Waals surface area contributed by atoms with Crippen LogP contribution in [0, 0.1) is 5.41 Å². The quantitative estimate of drug-likeness (QED) is 0.275. The predicted molar refractivity (Wildman–Crippen MR) is 92.8 cm³/mol. The van der Waals surface area contributed by atoms with Gasteiger partial charge in [-0.25, -0.2) is 8.78 Å². The Morgan fingerprint density at radius 1 is 1.29 bits per heavy atom. The topological polar surface area (TPSA) is 45.6 Å². The lowest BCUT2D eigenvalue weighted by Gasteiger charge is -2.30. The molecule has 1 aliphatic carbocycles. The zero-order valence-electron chi connectivity index (χ0n) is 13.0. The molecule has 21 heavy (non-hydrogen) atoms. The van der Waals surface area contributed by atoms with Crippen molar-refractivity contribution in [1.82, 2.24) is 10.6 Å². The highest BCUT2D eigenvalue weighted by atomic mass is 127. The van der Waals surface area contributed by atoms with Crippen molar-refractivity contribution >= 4 is 29.9 Å². The number of hydrogen-bond acceptors (Lipinski definition) is 2. The van der Waals surface area contributed by atoms with Crippen molar-refractivity contribution in [3.05, 3.63) is 0 Å². The third-order valence-corrected chi connectivity index (χ3v) is 3.92. The molecular formula is C14H28F2IN3O. The minimum atomic E-state index is -2.37. The van der Waals surface area contributed by atoms with Gasteiger partial charge in [-0.15, -0.1) is 24.0 Å². The first-order valence-electron chi connectivity index (χ1n) is 7.42. The van der Waals surface area contributed by atoms with Gasteiger partial charge in [0.15, 0.2) is 5.96 Å². The van der Waals surface area contributed by atoms with Crippen molar-refractivity contribution in [3.63, 3.8) is 0 Å². The third kappa shape index (κ3) is 8.13. The first-order chi connectivity index (χ1) is 9.62. The van der Waals surface area contributed by atoms with E-state index in [0.717, 1.165) is 26.2 Å². The molecule has 7 heteroatoms. The van der Waals surface area contributed by atoms with Gasteiger partial charge < -0.3 is 15.4 Å². The van der Waals surface area contributed by atoms with Gasteiger partial charge in [-0.3, -0.25) is 4.99 Å². The van der Waals surface area contributed by atoms with Gasteiger partial charge >= 0.3 is 0 Å². The smallest absolute Gasteiger partial charge is 0.255 e. The fourth-order valence-corrected chi connectivity index (χ4v) is 2.74. The van der Waals surface area contributed by atoms with E-state index in [0.29, 0.717) is 5.96 Å². The van der Waals surface area contributed by atoms with E-state index in [-0.39, 0.29) is 35.9 Å². The molecule has 126 valence electrons. The molecule has 1 saturated carbocycles. The lowest BCUT2D eigenvalue weighted by atomic mass is 9.83. The molecular weight excluding hydrogens is 391 g/mol. The van der Waals surface area contributed by atoms with Crippen molar-refractivity contribution in [2.75, 3.05) is 33.4 Å². The molecule has 2 N–H and O–H groups in total. The predicted octanol–water partition coefficient (Wildman–Crippen LogP) is 3.02. The number of guanidine groups is 1. The Balaban J connectivity index is 0.00000400. The van der Waals surface area contributed by atoms with Crippen LogP contribution < -0.4 is 10.6 Å². The van der Waals surface area contributed by atoms with Crippen LogP contribution in [-0.4, -0.2) is 45.7 Å². The number of hydrogen-bond donors (Lipinski definition) is 2. The Kier molecular flexibility index (Phi) is 11.3. The van der Waals surface area contributed by atoms with E-state index < -0.39 is 6.43 Å². The molecule has 0 atom stereocenters. The number of alkyl halides is 2. The minimum absolute atomic E-state index is 0. The molecule has 1 aliphatic rings. The van der Waals surface area contributed by atoms with Crippen LogP contribution >= 0.6 is 24.0 Å². The van der Waals surface area contributed by atoms with Crippen molar-refractivity contribution < 1.29 is 13.5 Å². The molecule has 0 unspecified atom stereocenters. The first-order valence-corrected chi connectivity index (χ1v) is 7.42. The summed E-state index contributed by atoms with van der Waals surface area (Å²) in [5.74, 6) is 0.452. The second-order valence-corrected chi connectivity index (χ2v) is 5.35. The Morgan fingerprint density at radius 2 is 1.95 bits per heavy atom. The second kappa shape index (κ2) is 11.4. The molecule has 0 spiro atoms. The van der Waals surface area contributed by atoms with Gasteiger partial charge in [0, 0.05) is 26.8 Å². The first kappa shape index (κ1) is 20.8. The van der Waals surface area contributed by atoms with Crippen LogP contribution in [0.15, 0.2) is 4.99 Å². The summed E-state index contributed by atoms with van der Waals surface area (Å²) in [5.41, 5.74) is 0.220. The second-order valence-electron chi connectivity index (χ2n) is 5.35. The zero-order chi connectivity index (χ0) is 14.8. The fraction of sp³-hybridized carbons (Fsp3) is 0.929. The van der Waals surface area contributed by atoms with Crippen LogP contribution in [0.2, 0.25) is 0 Å². The highest BCUT2D eigenvalue weighted by Gasteiger charge is 2.33. The van der Waals surface area contributed by atoms with Gasteiger partial charge in [-0.05, 0) is 31.6 Å². The minimum Gasteiger partial charge on any atom is -0.382 e. The SMILES string of the molecule is CCOCCC1(CNC(=NC)NCC(F)F)CCCC1.I. The monoisotopic (exact) mass is 419 g/mol. The Bertz CT molecular complexity index is 298. The fourth-order valence-electron chi connectivity index (χ4n) is 2.74. The summed E-state index contributed by atoms with van der Waals surface area (Å²) >= 11 is 0. The number of aliphatic imine (C=N–C) groups is 1. The number of halogens is 3. The molecule has 0 aliphatic heterocycles. The van der Waals surface area contributed by atoms with Crippen molar-refractivity contribution in [2.24, 2.45) is 10.4 Å². The molecule has 0 amide bonds. The highest BCUT2D eigenvalue weighted by molar-refractivity contribution is 14.0. The van der Waals surface area contributed by atoms with Crippen LogP contribution in [0.25, 0.3) is 0 Å². The van der Waals surface area contributed by atoms with E-state index in [1.165, 1.54) is 25.7 Å². The standard InChI is InChI=1S/C14H27F2N3O.HI/c1-3-20-9-8-14(6-4-5-7-14)11-19-13(17-2)18-10-12(15)16;/h12H,3-11H2,1-2H3,(H2,17,18,19);1H. The van der Waals surface area contributed by atoms with Crippen molar-refractivity contribution in [2.45, 2.75) is 45.5 Å². The maximum Gasteiger partial charge on any atom is 0.255 e. The van der Waals surface area contributed by atoms with E-state index >= 15 is 0 Å².